The number of aromatic amines is 1. The van der Waals surface area contributed by atoms with E-state index in [1.165, 1.54) is 0 Å². The van der Waals surface area contributed by atoms with Crippen molar-refractivity contribution in [2.75, 3.05) is 0 Å². The molecule has 7 nitrogen and oxygen atoms in total. The molecule has 0 aliphatic rings. The third-order valence-corrected chi connectivity index (χ3v) is 5.10. The van der Waals surface area contributed by atoms with Gasteiger partial charge in [0.25, 0.3) is 5.65 Å². The molecule has 2 aromatic carbocycles. The molecule has 5 rings (SSSR count). The number of allylic oxidation sites excluding steroid dienone is 1. The van der Waals surface area contributed by atoms with Gasteiger partial charge in [-0.25, -0.2) is 24.3 Å². The van der Waals surface area contributed by atoms with Crippen LogP contribution >= 0.6 is 0 Å². The van der Waals surface area contributed by atoms with E-state index in [1.807, 2.05) is 55.5 Å². The van der Waals surface area contributed by atoms with Crippen LogP contribution in [0.4, 0.5) is 0 Å². The number of rotatable bonds is 4. The number of hydrogen-bond acceptors (Lipinski definition) is 4. The highest BCUT2D eigenvalue weighted by Gasteiger charge is 2.24. The minimum atomic E-state index is -0.164. The molecule has 0 radical (unpaired) electrons. The first kappa shape index (κ1) is 17.9. The Labute approximate surface area is 171 Å². The highest BCUT2D eigenvalue weighted by Crippen LogP contribution is 2.23. The normalized spacial score (nSPS) is 11.8. The van der Waals surface area contributed by atoms with Gasteiger partial charge in [-0.05, 0) is 30.2 Å². The van der Waals surface area contributed by atoms with Gasteiger partial charge in [0, 0.05) is 0 Å². The standard InChI is InChI=1S/C23H18N6O/c1-3-12-28-14-24-21-19(23(28)30)20-22(27-18-11-7-6-10-17(18)26-20)29(21)25-13-16-9-5-4-8-15(16)2/h3-11,13-14H,1,12H2,2H3/p+1/b25-13-. The molecule has 0 amide bonds. The van der Waals surface area contributed by atoms with Crippen molar-refractivity contribution in [2.45, 2.75) is 13.5 Å². The van der Waals surface area contributed by atoms with Gasteiger partial charge in [-0.15, -0.1) is 9.78 Å². The lowest BCUT2D eigenvalue weighted by molar-refractivity contribution is -0.357. The Bertz CT molecular complexity index is 1530. The number of nitrogens with one attached hydrogen (secondary N) is 1. The summed E-state index contributed by atoms with van der Waals surface area (Å²) in [7, 11) is 0. The largest absolute Gasteiger partial charge is 0.323 e. The lowest BCUT2D eigenvalue weighted by atomic mass is 10.1. The molecule has 5 aromatic rings. The van der Waals surface area contributed by atoms with Crippen LogP contribution < -0.4 is 10.5 Å². The second-order valence-electron chi connectivity index (χ2n) is 7.04. The van der Waals surface area contributed by atoms with Crippen molar-refractivity contribution in [1.29, 1.82) is 0 Å². The highest BCUT2D eigenvalue weighted by atomic mass is 16.1. The van der Waals surface area contributed by atoms with Gasteiger partial charge in [-0.3, -0.25) is 0 Å². The molecule has 30 heavy (non-hydrogen) atoms. The first-order valence-corrected chi connectivity index (χ1v) is 9.60. The summed E-state index contributed by atoms with van der Waals surface area (Å²) in [5.74, 6) is 0. The quantitative estimate of drug-likeness (QED) is 0.346. The second-order valence-corrected chi connectivity index (χ2v) is 7.04. The van der Waals surface area contributed by atoms with Crippen molar-refractivity contribution in [2.24, 2.45) is 5.10 Å². The van der Waals surface area contributed by atoms with Gasteiger partial charge < -0.3 is 0 Å². The Hall–Kier alpha value is -4.13. The summed E-state index contributed by atoms with van der Waals surface area (Å²) in [4.78, 5) is 25.9. The summed E-state index contributed by atoms with van der Waals surface area (Å²) in [6.45, 7) is 6.15. The Balaban J connectivity index is 1.86. The maximum atomic E-state index is 13.2. The predicted octanol–water partition coefficient (Wildman–Crippen LogP) is 3.09. The molecule has 0 aliphatic heterocycles. The molecule has 3 heterocycles. The second kappa shape index (κ2) is 7.04. The fraction of sp³-hybridized carbons (Fsp3) is 0.0870. The van der Waals surface area contributed by atoms with Crippen LogP contribution in [0, 0.1) is 6.92 Å². The van der Waals surface area contributed by atoms with Crippen molar-refractivity contribution in [3.8, 4) is 0 Å². The molecule has 0 saturated heterocycles. The fourth-order valence-electron chi connectivity index (χ4n) is 3.55. The molecule has 3 aromatic heterocycles. The maximum Gasteiger partial charge on any atom is 0.323 e. The number of aryl methyl sites for hydroxylation is 1. The fourth-order valence-corrected chi connectivity index (χ4v) is 3.55. The van der Waals surface area contributed by atoms with E-state index >= 15 is 0 Å². The van der Waals surface area contributed by atoms with Crippen LogP contribution in [0.2, 0.25) is 0 Å². The minimum Gasteiger partial charge on any atom is -0.250 e. The van der Waals surface area contributed by atoms with E-state index in [4.69, 9.17) is 9.97 Å². The molecule has 0 unspecified atom stereocenters. The average molecular weight is 395 g/mol. The molecule has 0 saturated carbocycles. The number of aromatic nitrogens is 5. The van der Waals surface area contributed by atoms with E-state index in [0.29, 0.717) is 28.7 Å². The van der Waals surface area contributed by atoms with E-state index in [1.54, 1.807) is 27.9 Å². The predicted molar refractivity (Wildman–Crippen MR) is 118 cm³/mol. The molecular formula is C23H19N6O+. The molecule has 7 heteroatoms. The molecule has 146 valence electrons. The maximum absolute atomic E-state index is 13.2. The van der Waals surface area contributed by atoms with Crippen molar-refractivity contribution in [3.05, 3.63) is 89.0 Å². The van der Waals surface area contributed by atoms with E-state index in [-0.39, 0.29) is 5.56 Å². The lowest BCUT2D eigenvalue weighted by Gasteiger charge is -1.99. The summed E-state index contributed by atoms with van der Waals surface area (Å²) in [5.41, 5.74) is 5.00. The summed E-state index contributed by atoms with van der Waals surface area (Å²) >= 11 is 0. The zero-order chi connectivity index (χ0) is 20.7. The third-order valence-electron chi connectivity index (χ3n) is 5.10. The van der Waals surface area contributed by atoms with Crippen LogP contribution in [-0.4, -0.2) is 25.4 Å². The van der Waals surface area contributed by atoms with E-state index in [0.717, 1.165) is 22.2 Å². The van der Waals surface area contributed by atoms with Gasteiger partial charge in [0.15, 0.2) is 11.7 Å². The van der Waals surface area contributed by atoms with Crippen molar-refractivity contribution in [3.63, 3.8) is 0 Å². The first-order chi connectivity index (χ1) is 14.7. The molecular weight excluding hydrogens is 376 g/mol. The van der Waals surface area contributed by atoms with Gasteiger partial charge in [-0.2, -0.15) is 0 Å². The van der Waals surface area contributed by atoms with Gasteiger partial charge in [0.1, 0.15) is 5.52 Å². The Kier molecular flexibility index (Phi) is 4.21. The van der Waals surface area contributed by atoms with Crippen LogP contribution in [0.5, 0.6) is 0 Å². The summed E-state index contributed by atoms with van der Waals surface area (Å²) in [5, 5.41) is 5.12. The zero-order valence-corrected chi connectivity index (χ0v) is 16.4. The summed E-state index contributed by atoms with van der Waals surface area (Å²) < 4.78 is 3.21. The zero-order valence-electron chi connectivity index (χ0n) is 16.4. The Morgan fingerprint density at radius 1 is 1.10 bits per heavy atom. The number of H-pyrrole nitrogens is 1. The lowest BCUT2D eigenvalue weighted by Crippen LogP contribution is -2.26. The topological polar surface area (TPSA) is 79.2 Å². The smallest absolute Gasteiger partial charge is 0.250 e. The van der Waals surface area contributed by atoms with Crippen LogP contribution in [0.25, 0.3) is 33.2 Å². The number of benzene rings is 2. The average Bonchev–Trinajstić information content (AvgIpc) is 3.07. The van der Waals surface area contributed by atoms with E-state index < -0.39 is 0 Å². The van der Waals surface area contributed by atoms with Gasteiger partial charge in [0.2, 0.25) is 5.65 Å². The molecule has 0 atom stereocenters. The van der Waals surface area contributed by atoms with Crippen molar-refractivity contribution < 1.29 is 4.98 Å². The van der Waals surface area contributed by atoms with Crippen LogP contribution in [-0.2, 0) is 6.54 Å². The van der Waals surface area contributed by atoms with Crippen LogP contribution in [0.15, 0.2) is 77.4 Å². The number of fused-ring (bicyclic) bond motifs is 4. The van der Waals surface area contributed by atoms with Gasteiger partial charge in [0.05, 0.1) is 23.8 Å². The molecule has 0 bridgehead atoms. The molecule has 1 N–H and O–H groups in total. The molecule has 0 fully saturated rings. The number of hydrogen-bond donors (Lipinski definition) is 0. The Morgan fingerprint density at radius 3 is 2.60 bits per heavy atom. The molecule has 0 spiro atoms. The van der Waals surface area contributed by atoms with Gasteiger partial charge >= 0.3 is 5.56 Å². The third kappa shape index (κ3) is 2.79. The summed E-state index contributed by atoms with van der Waals surface area (Å²) in [6.07, 6.45) is 5.08. The van der Waals surface area contributed by atoms with Crippen LogP contribution in [0.1, 0.15) is 11.1 Å². The molecule has 0 aliphatic carbocycles. The minimum absolute atomic E-state index is 0.164. The summed E-state index contributed by atoms with van der Waals surface area (Å²) in [6, 6.07) is 15.6. The number of nitrogens with zero attached hydrogens (tertiary/aromatic N) is 5. The first-order valence-electron chi connectivity index (χ1n) is 9.60. The Morgan fingerprint density at radius 2 is 1.83 bits per heavy atom. The number of para-hydroxylation sites is 2. The monoisotopic (exact) mass is 395 g/mol. The van der Waals surface area contributed by atoms with E-state index in [9.17, 15) is 4.79 Å². The van der Waals surface area contributed by atoms with E-state index in [2.05, 4.69) is 16.7 Å². The van der Waals surface area contributed by atoms with Crippen LogP contribution in [0.3, 0.4) is 0 Å². The van der Waals surface area contributed by atoms with Crippen molar-refractivity contribution >= 4 is 39.4 Å². The highest BCUT2D eigenvalue weighted by molar-refractivity contribution is 6.03. The van der Waals surface area contributed by atoms with Crippen molar-refractivity contribution in [1.82, 2.24) is 19.2 Å². The SMILES string of the molecule is C=CCn1c[nH+]c2c(c1=O)c1nc3ccccc3nc1n2/N=C\c1ccccc1C. The van der Waals surface area contributed by atoms with Gasteiger partial charge in [-0.1, -0.05) is 49.1 Å².